The van der Waals surface area contributed by atoms with Crippen molar-refractivity contribution in [2.45, 2.75) is 0 Å². The molecule has 1 aromatic rings. The summed E-state index contributed by atoms with van der Waals surface area (Å²) in [7, 11) is 3.23. The van der Waals surface area contributed by atoms with Crippen molar-refractivity contribution in [3.63, 3.8) is 0 Å². The fraction of sp³-hybridized carbons (Fsp3) is 0.462. The van der Waals surface area contributed by atoms with Gasteiger partial charge in [0.1, 0.15) is 0 Å². The predicted octanol–water partition coefficient (Wildman–Crippen LogP) is 1.07. The normalized spacial score (nSPS) is 10.4. The van der Waals surface area contributed by atoms with Gasteiger partial charge >= 0.3 is 5.97 Å². The fourth-order valence-corrected chi connectivity index (χ4v) is 1.71. The van der Waals surface area contributed by atoms with E-state index < -0.39 is 5.97 Å². The first-order valence-corrected chi connectivity index (χ1v) is 5.95. The summed E-state index contributed by atoms with van der Waals surface area (Å²) < 4.78 is 10.1. The summed E-state index contributed by atoms with van der Waals surface area (Å²) in [6.07, 6.45) is 0. The Labute approximate surface area is 112 Å². The first-order chi connectivity index (χ1) is 9.10. The van der Waals surface area contributed by atoms with Gasteiger partial charge in [-0.3, -0.25) is 0 Å². The molecule has 0 fully saturated rings. The minimum absolute atomic E-state index is 0.212. The quantitative estimate of drug-likeness (QED) is 0.686. The molecular weight excluding hydrogens is 248 g/mol. The molecule has 0 saturated carbocycles. The molecule has 0 aliphatic rings. The lowest BCUT2D eigenvalue weighted by molar-refractivity contribution is 0.0697. The zero-order valence-corrected chi connectivity index (χ0v) is 11.3. The molecule has 106 valence electrons. The van der Waals surface area contributed by atoms with Crippen molar-refractivity contribution < 1.29 is 19.4 Å². The summed E-state index contributed by atoms with van der Waals surface area (Å²) in [5.41, 5.74) is 7.36. The summed E-state index contributed by atoms with van der Waals surface area (Å²) in [5.74, 6) is -0.973. The third-order valence-electron chi connectivity index (χ3n) is 2.75. The summed E-state index contributed by atoms with van der Waals surface area (Å²) in [4.78, 5) is 13.0. The summed E-state index contributed by atoms with van der Waals surface area (Å²) >= 11 is 0. The Hall–Kier alpha value is -1.79. The number of aromatic carboxylic acids is 1. The number of benzene rings is 1. The van der Waals surface area contributed by atoms with Gasteiger partial charge in [0.05, 0.1) is 30.2 Å². The molecule has 0 unspecified atom stereocenters. The molecule has 6 heteroatoms. The lowest BCUT2D eigenvalue weighted by Crippen LogP contribution is -2.31. The summed E-state index contributed by atoms with van der Waals surface area (Å²) in [5, 5.41) is 9.03. The van der Waals surface area contributed by atoms with Crippen molar-refractivity contribution in [3.05, 3.63) is 23.8 Å². The smallest absolute Gasteiger partial charge is 0.335 e. The molecule has 1 rings (SSSR count). The van der Waals surface area contributed by atoms with Crippen LogP contribution in [0.1, 0.15) is 10.4 Å². The Morgan fingerprint density at radius 2 is 1.84 bits per heavy atom. The van der Waals surface area contributed by atoms with Crippen molar-refractivity contribution >= 4 is 17.3 Å². The molecule has 3 N–H and O–H groups in total. The average Bonchev–Trinajstić information content (AvgIpc) is 2.40. The second kappa shape index (κ2) is 7.60. The number of rotatable bonds is 8. The van der Waals surface area contributed by atoms with Gasteiger partial charge in [-0.2, -0.15) is 0 Å². The maximum absolute atomic E-state index is 11.0. The number of hydrogen-bond acceptors (Lipinski definition) is 5. The van der Waals surface area contributed by atoms with Crippen LogP contribution in [0.15, 0.2) is 18.2 Å². The molecule has 0 heterocycles. The highest BCUT2D eigenvalue weighted by Gasteiger charge is 2.13. The third-order valence-corrected chi connectivity index (χ3v) is 2.75. The number of anilines is 2. The van der Waals surface area contributed by atoms with Crippen molar-refractivity contribution in [3.8, 4) is 0 Å². The van der Waals surface area contributed by atoms with Crippen LogP contribution in [0.3, 0.4) is 0 Å². The molecule has 0 radical (unpaired) electrons. The highest BCUT2D eigenvalue weighted by atomic mass is 16.5. The predicted molar refractivity (Wildman–Crippen MR) is 73.8 cm³/mol. The van der Waals surface area contributed by atoms with Crippen molar-refractivity contribution in [1.82, 2.24) is 0 Å². The first kappa shape index (κ1) is 15.3. The molecule has 19 heavy (non-hydrogen) atoms. The number of nitrogen functional groups attached to an aromatic ring is 1. The van der Waals surface area contributed by atoms with Crippen LogP contribution < -0.4 is 10.6 Å². The highest BCUT2D eigenvalue weighted by molar-refractivity contribution is 5.90. The molecule has 0 spiro atoms. The number of nitrogens with two attached hydrogens (primary N) is 1. The van der Waals surface area contributed by atoms with Gasteiger partial charge in [-0.05, 0) is 18.2 Å². The Morgan fingerprint density at radius 3 is 2.32 bits per heavy atom. The van der Waals surface area contributed by atoms with Gasteiger partial charge < -0.3 is 25.2 Å². The minimum atomic E-state index is -0.973. The van der Waals surface area contributed by atoms with E-state index in [4.69, 9.17) is 20.3 Å². The van der Waals surface area contributed by atoms with Crippen molar-refractivity contribution in [2.75, 3.05) is 51.2 Å². The van der Waals surface area contributed by atoms with Gasteiger partial charge in [0.15, 0.2) is 0 Å². The van der Waals surface area contributed by atoms with E-state index in [9.17, 15) is 4.79 Å². The van der Waals surface area contributed by atoms with Gasteiger partial charge in [-0.1, -0.05) is 0 Å². The van der Waals surface area contributed by atoms with Gasteiger partial charge in [0.25, 0.3) is 0 Å². The molecule has 0 amide bonds. The molecule has 0 saturated heterocycles. The monoisotopic (exact) mass is 268 g/mol. The van der Waals surface area contributed by atoms with Gasteiger partial charge in [-0.15, -0.1) is 0 Å². The van der Waals surface area contributed by atoms with E-state index in [-0.39, 0.29) is 5.56 Å². The van der Waals surface area contributed by atoms with Crippen LogP contribution in [0.2, 0.25) is 0 Å². The van der Waals surface area contributed by atoms with Crippen molar-refractivity contribution in [1.29, 1.82) is 0 Å². The van der Waals surface area contributed by atoms with Crippen LogP contribution in [0.5, 0.6) is 0 Å². The zero-order chi connectivity index (χ0) is 14.3. The second-order valence-corrected chi connectivity index (χ2v) is 4.05. The fourth-order valence-electron chi connectivity index (χ4n) is 1.71. The van der Waals surface area contributed by atoms with Crippen LogP contribution in [-0.2, 0) is 9.47 Å². The molecule has 1 aromatic carbocycles. The molecule has 6 nitrogen and oxygen atoms in total. The molecule has 0 atom stereocenters. The largest absolute Gasteiger partial charge is 0.478 e. The van der Waals surface area contributed by atoms with E-state index in [1.165, 1.54) is 6.07 Å². The molecular formula is C13H20N2O4. The Kier molecular flexibility index (Phi) is 6.11. The number of carboxylic acids is 1. The maximum Gasteiger partial charge on any atom is 0.335 e. The lowest BCUT2D eigenvalue weighted by atomic mass is 10.1. The highest BCUT2D eigenvalue weighted by Crippen LogP contribution is 2.24. The van der Waals surface area contributed by atoms with E-state index in [2.05, 4.69) is 0 Å². The summed E-state index contributed by atoms with van der Waals surface area (Å²) in [6.45, 7) is 2.29. The Bertz CT molecular complexity index is 415. The average molecular weight is 268 g/mol. The number of ether oxygens (including phenoxy) is 2. The van der Waals surface area contributed by atoms with E-state index in [1.54, 1.807) is 26.4 Å². The van der Waals surface area contributed by atoms with E-state index in [0.717, 1.165) is 0 Å². The minimum Gasteiger partial charge on any atom is -0.478 e. The first-order valence-electron chi connectivity index (χ1n) is 5.95. The van der Waals surface area contributed by atoms with Gasteiger partial charge in [0.2, 0.25) is 0 Å². The lowest BCUT2D eigenvalue weighted by Gasteiger charge is -2.25. The Morgan fingerprint density at radius 1 is 1.26 bits per heavy atom. The van der Waals surface area contributed by atoms with E-state index >= 15 is 0 Å². The SMILES string of the molecule is COCCN(CCOC)c1cc(C(=O)O)ccc1N. The van der Waals surface area contributed by atoms with E-state index in [0.29, 0.717) is 37.7 Å². The van der Waals surface area contributed by atoms with Crippen LogP contribution in [0.25, 0.3) is 0 Å². The van der Waals surface area contributed by atoms with Crippen LogP contribution in [0, 0.1) is 0 Å². The van der Waals surface area contributed by atoms with Gasteiger partial charge in [-0.25, -0.2) is 4.79 Å². The number of hydrogen-bond donors (Lipinski definition) is 2. The topological polar surface area (TPSA) is 85.0 Å². The summed E-state index contributed by atoms with van der Waals surface area (Å²) in [6, 6.07) is 4.67. The third kappa shape index (κ3) is 4.42. The molecule has 0 aromatic heterocycles. The number of carboxylic acid groups (broad SMARTS) is 1. The van der Waals surface area contributed by atoms with Gasteiger partial charge in [0, 0.05) is 27.3 Å². The number of carbonyl (C=O) groups is 1. The number of methoxy groups -OCH3 is 2. The van der Waals surface area contributed by atoms with Crippen LogP contribution in [0.4, 0.5) is 11.4 Å². The van der Waals surface area contributed by atoms with Crippen molar-refractivity contribution in [2.24, 2.45) is 0 Å². The molecule has 0 aliphatic heterocycles. The standard InChI is InChI=1S/C13H20N2O4/c1-18-7-5-15(6-8-19-2)12-9-10(13(16)17)3-4-11(12)14/h3-4,9H,5-8,14H2,1-2H3,(H,16,17). The zero-order valence-electron chi connectivity index (χ0n) is 11.3. The van der Waals surface area contributed by atoms with Crippen LogP contribution >= 0.6 is 0 Å². The second-order valence-electron chi connectivity index (χ2n) is 4.05. The van der Waals surface area contributed by atoms with E-state index in [1.807, 2.05) is 4.90 Å². The Balaban J connectivity index is 2.97. The molecule has 0 aliphatic carbocycles. The van der Waals surface area contributed by atoms with Crippen LogP contribution in [-0.4, -0.2) is 51.6 Å². The molecule has 0 bridgehead atoms. The maximum atomic E-state index is 11.0. The number of nitrogens with zero attached hydrogens (tertiary/aromatic N) is 1.